The average Bonchev–Trinajstić information content (AvgIpc) is 3.42. The minimum absolute atomic E-state index is 0.00616. The van der Waals surface area contributed by atoms with E-state index in [9.17, 15) is 4.79 Å². The van der Waals surface area contributed by atoms with Crippen LogP contribution in [0.15, 0.2) is 41.1 Å². The van der Waals surface area contributed by atoms with E-state index in [1.807, 2.05) is 29.6 Å². The number of hydrazone groups is 1. The quantitative estimate of drug-likeness (QED) is 0.350. The molecule has 1 aliphatic carbocycles. The zero-order valence-corrected chi connectivity index (χ0v) is 18.7. The van der Waals surface area contributed by atoms with Crippen molar-refractivity contribution in [1.82, 2.24) is 19.9 Å². The van der Waals surface area contributed by atoms with E-state index in [2.05, 4.69) is 34.0 Å². The maximum atomic E-state index is 11.6. The Labute approximate surface area is 186 Å². The Morgan fingerprint density at radius 3 is 2.87 bits per heavy atom. The highest BCUT2D eigenvalue weighted by atomic mass is 32.1. The van der Waals surface area contributed by atoms with Crippen molar-refractivity contribution in [3.8, 4) is 0 Å². The molecule has 2 aromatic heterocycles. The summed E-state index contributed by atoms with van der Waals surface area (Å²) in [6.45, 7) is 11.5. The molecule has 164 valence electrons. The Kier molecular flexibility index (Phi) is 6.50. The van der Waals surface area contributed by atoms with Gasteiger partial charge in [-0.2, -0.15) is 10.1 Å². The monoisotopic (exact) mass is 439 g/mol. The third-order valence-corrected chi connectivity index (χ3v) is 6.71. The Morgan fingerprint density at radius 2 is 2.16 bits per heavy atom. The van der Waals surface area contributed by atoms with Crippen LogP contribution >= 0.6 is 11.3 Å². The topological polar surface area (TPSA) is 85.8 Å². The SMILES string of the molecule is C=CC(=O)N1CC(CNc2nc(N/C(C)=C/N(N=C)C3CCCC3)nc3ccsc23)C1. The zero-order chi connectivity index (χ0) is 21.8. The lowest BCUT2D eigenvalue weighted by Gasteiger charge is -2.38. The number of hydrogen-bond acceptors (Lipinski definition) is 8. The highest BCUT2D eigenvalue weighted by Crippen LogP contribution is 2.29. The van der Waals surface area contributed by atoms with E-state index in [-0.39, 0.29) is 5.91 Å². The van der Waals surface area contributed by atoms with Crippen LogP contribution in [0.25, 0.3) is 10.2 Å². The molecule has 0 atom stereocenters. The molecule has 3 heterocycles. The number of likely N-dealkylation sites (tertiary alicyclic amines) is 1. The summed E-state index contributed by atoms with van der Waals surface area (Å²) in [4.78, 5) is 22.8. The van der Waals surface area contributed by atoms with Crippen LogP contribution in [0.5, 0.6) is 0 Å². The van der Waals surface area contributed by atoms with Gasteiger partial charge in [0.1, 0.15) is 5.82 Å². The molecule has 0 unspecified atom stereocenters. The van der Waals surface area contributed by atoms with Crippen LogP contribution in [0.1, 0.15) is 32.6 Å². The zero-order valence-electron chi connectivity index (χ0n) is 17.9. The average molecular weight is 440 g/mol. The number of rotatable bonds is 9. The summed E-state index contributed by atoms with van der Waals surface area (Å²) in [5.74, 6) is 1.77. The Bertz CT molecular complexity index is 989. The fourth-order valence-corrected chi connectivity index (χ4v) is 4.92. The molecule has 0 radical (unpaired) electrons. The summed E-state index contributed by atoms with van der Waals surface area (Å²) >= 11 is 1.62. The molecule has 8 nitrogen and oxygen atoms in total. The van der Waals surface area contributed by atoms with Crippen LogP contribution in [0.2, 0.25) is 0 Å². The van der Waals surface area contributed by atoms with Gasteiger partial charge in [0.2, 0.25) is 11.9 Å². The van der Waals surface area contributed by atoms with Crippen LogP contribution < -0.4 is 10.6 Å². The number of allylic oxidation sites excluding steroid dienone is 1. The van der Waals surface area contributed by atoms with E-state index in [1.54, 1.807) is 16.2 Å². The third kappa shape index (κ3) is 4.87. The van der Waals surface area contributed by atoms with Crippen LogP contribution in [-0.2, 0) is 4.79 Å². The summed E-state index contributed by atoms with van der Waals surface area (Å²) in [5, 5.41) is 14.9. The highest BCUT2D eigenvalue weighted by molar-refractivity contribution is 7.17. The first-order chi connectivity index (χ1) is 15.1. The molecular weight excluding hydrogens is 410 g/mol. The van der Waals surface area contributed by atoms with E-state index in [0.717, 1.165) is 54.2 Å². The van der Waals surface area contributed by atoms with Gasteiger partial charge < -0.3 is 15.5 Å². The number of fused-ring (bicyclic) bond motifs is 1. The van der Waals surface area contributed by atoms with Crippen molar-refractivity contribution in [2.75, 3.05) is 30.3 Å². The van der Waals surface area contributed by atoms with Gasteiger partial charge in [-0.3, -0.25) is 9.80 Å². The van der Waals surface area contributed by atoms with Crippen molar-refractivity contribution in [3.05, 3.63) is 36.0 Å². The van der Waals surface area contributed by atoms with Crippen molar-refractivity contribution in [1.29, 1.82) is 0 Å². The number of carbonyl (C=O) groups is 1. The lowest BCUT2D eigenvalue weighted by molar-refractivity contribution is -0.131. The lowest BCUT2D eigenvalue weighted by Crippen LogP contribution is -2.51. The second kappa shape index (κ2) is 9.47. The Balaban J connectivity index is 1.43. The molecule has 2 fully saturated rings. The van der Waals surface area contributed by atoms with E-state index >= 15 is 0 Å². The number of carbonyl (C=O) groups excluding carboxylic acids is 1. The van der Waals surface area contributed by atoms with Gasteiger partial charge in [0.25, 0.3) is 0 Å². The largest absolute Gasteiger partial charge is 0.368 e. The highest BCUT2D eigenvalue weighted by Gasteiger charge is 2.29. The maximum absolute atomic E-state index is 11.6. The standard InChI is InChI=1S/C22H29N7OS/c1-4-19(30)28-13-16(14-28)11-24-21-20-18(9-10-31-20)26-22(27-21)25-15(2)12-29(23-3)17-7-5-6-8-17/h4,9-10,12,16-17H,1,3,5-8,11,13-14H2,2H3,(H2,24,25,26,27)/b15-12+. The van der Waals surface area contributed by atoms with Gasteiger partial charge in [-0.15, -0.1) is 11.3 Å². The first-order valence-electron chi connectivity index (χ1n) is 10.7. The van der Waals surface area contributed by atoms with Crippen LogP contribution in [0, 0.1) is 5.92 Å². The number of nitrogens with one attached hydrogen (secondary N) is 2. The Hall–Kier alpha value is -2.94. The molecule has 0 bridgehead atoms. The molecule has 4 rings (SSSR count). The van der Waals surface area contributed by atoms with Gasteiger partial charge in [0.05, 0.1) is 16.3 Å². The molecule has 9 heteroatoms. The fraction of sp³-hybridized carbons (Fsp3) is 0.455. The molecular formula is C22H29N7OS. The first-order valence-corrected chi connectivity index (χ1v) is 11.6. The predicted octanol–water partition coefficient (Wildman–Crippen LogP) is 3.88. The molecule has 1 aliphatic heterocycles. The molecule has 2 N–H and O–H groups in total. The number of aromatic nitrogens is 2. The van der Waals surface area contributed by atoms with E-state index in [0.29, 0.717) is 17.9 Å². The minimum Gasteiger partial charge on any atom is -0.368 e. The molecule has 31 heavy (non-hydrogen) atoms. The summed E-state index contributed by atoms with van der Waals surface area (Å²) < 4.78 is 1.03. The molecule has 0 aromatic carbocycles. The van der Waals surface area contributed by atoms with Crippen LogP contribution in [0.3, 0.4) is 0 Å². The van der Waals surface area contributed by atoms with Crippen molar-refractivity contribution in [2.45, 2.75) is 38.6 Å². The van der Waals surface area contributed by atoms with Gasteiger partial charge in [0, 0.05) is 44.2 Å². The predicted molar refractivity (Wildman–Crippen MR) is 127 cm³/mol. The smallest absolute Gasteiger partial charge is 0.245 e. The maximum Gasteiger partial charge on any atom is 0.245 e. The molecule has 2 aromatic rings. The molecule has 2 aliphatic rings. The van der Waals surface area contributed by atoms with Crippen molar-refractivity contribution in [2.24, 2.45) is 11.0 Å². The van der Waals surface area contributed by atoms with Gasteiger partial charge in [-0.05, 0) is 37.3 Å². The summed E-state index contributed by atoms with van der Waals surface area (Å²) in [5.41, 5.74) is 1.82. The van der Waals surface area contributed by atoms with E-state index < -0.39 is 0 Å². The van der Waals surface area contributed by atoms with Crippen LogP contribution in [-0.4, -0.2) is 58.2 Å². The number of amides is 1. The number of thiophene rings is 1. The summed E-state index contributed by atoms with van der Waals surface area (Å²) in [7, 11) is 0. The van der Waals surface area contributed by atoms with E-state index in [1.165, 1.54) is 18.9 Å². The third-order valence-electron chi connectivity index (χ3n) is 5.80. The van der Waals surface area contributed by atoms with Gasteiger partial charge in [0.15, 0.2) is 0 Å². The Morgan fingerprint density at radius 1 is 1.39 bits per heavy atom. The van der Waals surface area contributed by atoms with Crippen molar-refractivity contribution >= 4 is 45.9 Å². The normalized spacial score (nSPS) is 17.5. The van der Waals surface area contributed by atoms with Gasteiger partial charge >= 0.3 is 0 Å². The number of hydrogen-bond donors (Lipinski definition) is 2. The summed E-state index contributed by atoms with van der Waals surface area (Å²) in [6, 6.07) is 2.42. The second-order valence-electron chi connectivity index (χ2n) is 8.12. The fourth-order valence-electron chi connectivity index (χ4n) is 4.13. The number of nitrogens with zero attached hydrogens (tertiary/aromatic N) is 5. The van der Waals surface area contributed by atoms with Gasteiger partial charge in [-0.25, -0.2) is 4.98 Å². The van der Waals surface area contributed by atoms with Crippen molar-refractivity contribution < 1.29 is 4.79 Å². The molecule has 0 spiro atoms. The molecule has 1 saturated heterocycles. The summed E-state index contributed by atoms with van der Waals surface area (Å²) in [6.07, 6.45) is 8.12. The van der Waals surface area contributed by atoms with Crippen LogP contribution in [0.4, 0.5) is 11.8 Å². The van der Waals surface area contributed by atoms with Gasteiger partial charge in [-0.1, -0.05) is 19.4 Å². The van der Waals surface area contributed by atoms with E-state index in [4.69, 9.17) is 4.98 Å². The minimum atomic E-state index is -0.00616. The number of anilines is 2. The van der Waals surface area contributed by atoms with Crippen molar-refractivity contribution in [3.63, 3.8) is 0 Å². The lowest BCUT2D eigenvalue weighted by atomic mass is 10.00. The first kappa shape index (κ1) is 21.3. The molecule has 1 saturated carbocycles. The molecule has 1 amide bonds. The second-order valence-corrected chi connectivity index (χ2v) is 9.04.